The van der Waals surface area contributed by atoms with Crippen molar-refractivity contribution in [3.8, 4) is 11.8 Å². The quantitative estimate of drug-likeness (QED) is 0.683. The Hall–Kier alpha value is -1.60. The van der Waals surface area contributed by atoms with Crippen LogP contribution in [0.2, 0.25) is 0 Å². The van der Waals surface area contributed by atoms with E-state index in [9.17, 15) is 4.39 Å². The van der Waals surface area contributed by atoms with Crippen LogP contribution in [0.5, 0.6) is 5.75 Å². The average Bonchev–Trinajstić information content (AvgIpc) is 2.98. The number of benzene rings is 1. The molecule has 1 heterocycles. The number of halogens is 1. The summed E-state index contributed by atoms with van der Waals surface area (Å²) >= 11 is 0. The standard InChI is InChI=1S/C10H8FNO2/c11-10-3-8(2-1-7(10)4-12)13-5-9-6-14-9/h1-3,9H,5-6H2. The highest BCUT2D eigenvalue weighted by Crippen LogP contribution is 2.18. The van der Waals surface area contributed by atoms with Crippen LogP contribution in [0.4, 0.5) is 4.39 Å². The minimum absolute atomic E-state index is 0.0278. The van der Waals surface area contributed by atoms with Crippen molar-refractivity contribution in [1.82, 2.24) is 0 Å². The van der Waals surface area contributed by atoms with Crippen LogP contribution in [-0.2, 0) is 4.74 Å². The van der Waals surface area contributed by atoms with Crippen LogP contribution in [0.1, 0.15) is 5.56 Å². The number of ether oxygens (including phenoxy) is 2. The number of nitrogens with zero attached hydrogens (tertiary/aromatic N) is 1. The van der Waals surface area contributed by atoms with Crippen molar-refractivity contribution in [3.63, 3.8) is 0 Å². The van der Waals surface area contributed by atoms with Crippen LogP contribution in [0.25, 0.3) is 0 Å². The Labute approximate surface area is 80.7 Å². The minimum Gasteiger partial charge on any atom is -0.491 e. The molecular formula is C10H8FNO2. The number of rotatable bonds is 3. The maximum absolute atomic E-state index is 13.1. The van der Waals surface area contributed by atoms with E-state index < -0.39 is 5.82 Å². The Bertz CT molecular complexity index is 382. The molecule has 0 N–H and O–H groups in total. The molecule has 1 fully saturated rings. The topological polar surface area (TPSA) is 45.5 Å². The summed E-state index contributed by atoms with van der Waals surface area (Å²) in [6.45, 7) is 1.14. The number of nitriles is 1. The van der Waals surface area contributed by atoms with Gasteiger partial charge in [0.2, 0.25) is 0 Å². The first kappa shape index (κ1) is 8.97. The number of epoxide rings is 1. The summed E-state index contributed by atoms with van der Waals surface area (Å²) < 4.78 is 23.2. The largest absolute Gasteiger partial charge is 0.491 e. The van der Waals surface area contributed by atoms with E-state index in [-0.39, 0.29) is 11.7 Å². The van der Waals surface area contributed by atoms with Gasteiger partial charge in [0.25, 0.3) is 0 Å². The van der Waals surface area contributed by atoms with Crippen LogP contribution in [0, 0.1) is 17.1 Å². The van der Waals surface area contributed by atoms with E-state index in [1.807, 2.05) is 0 Å². The predicted molar refractivity (Wildman–Crippen MR) is 46.4 cm³/mol. The second-order valence-electron chi connectivity index (χ2n) is 3.02. The maximum atomic E-state index is 13.1. The lowest BCUT2D eigenvalue weighted by Gasteiger charge is -2.03. The zero-order valence-electron chi connectivity index (χ0n) is 7.37. The zero-order chi connectivity index (χ0) is 9.97. The summed E-state index contributed by atoms with van der Waals surface area (Å²) in [5.74, 6) is -0.126. The van der Waals surface area contributed by atoms with Crippen LogP contribution < -0.4 is 4.74 Å². The molecule has 0 radical (unpaired) electrons. The van der Waals surface area contributed by atoms with Crippen molar-refractivity contribution in [1.29, 1.82) is 5.26 Å². The lowest BCUT2D eigenvalue weighted by Crippen LogP contribution is -2.04. The Kier molecular flexibility index (Phi) is 2.33. The average molecular weight is 193 g/mol. The monoisotopic (exact) mass is 193 g/mol. The number of hydrogen-bond acceptors (Lipinski definition) is 3. The third-order valence-corrected chi connectivity index (χ3v) is 1.90. The van der Waals surface area contributed by atoms with Gasteiger partial charge in [-0.3, -0.25) is 0 Å². The highest BCUT2D eigenvalue weighted by molar-refractivity contribution is 5.36. The second-order valence-corrected chi connectivity index (χ2v) is 3.02. The summed E-state index contributed by atoms with van der Waals surface area (Å²) in [6, 6.07) is 5.93. The Morgan fingerprint density at radius 1 is 1.64 bits per heavy atom. The molecule has 0 aromatic heterocycles. The van der Waals surface area contributed by atoms with Gasteiger partial charge in [-0.2, -0.15) is 5.26 Å². The molecule has 72 valence electrons. The maximum Gasteiger partial charge on any atom is 0.144 e. The van der Waals surface area contributed by atoms with E-state index in [1.54, 1.807) is 12.1 Å². The summed E-state index contributed by atoms with van der Waals surface area (Å²) in [7, 11) is 0. The molecule has 1 aliphatic heterocycles. The van der Waals surface area contributed by atoms with Crippen molar-refractivity contribution in [2.75, 3.05) is 13.2 Å². The van der Waals surface area contributed by atoms with Crippen LogP contribution in [0.3, 0.4) is 0 Å². The fourth-order valence-corrected chi connectivity index (χ4v) is 1.03. The van der Waals surface area contributed by atoms with E-state index in [4.69, 9.17) is 14.7 Å². The first-order valence-corrected chi connectivity index (χ1v) is 4.23. The van der Waals surface area contributed by atoms with E-state index in [1.165, 1.54) is 12.1 Å². The van der Waals surface area contributed by atoms with Crippen LogP contribution >= 0.6 is 0 Å². The molecule has 3 nitrogen and oxygen atoms in total. The van der Waals surface area contributed by atoms with Gasteiger partial charge in [0.15, 0.2) is 0 Å². The lowest BCUT2D eigenvalue weighted by molar-refractivity contribution is 0.262. The summed E-state index contributed by atoms with van der Waals surface area (Å²) in [5, 5.41) is 8.49. The van der Waals surface area contributed by atoms with Gasteiger partial charge >= 0.3 is 0 Å². The highest BCUT2D eigenvalue weighted by Gasteiger charge is 2.23. The van der Waals surface area contributed by atoms with Crippen molar-refractivity contribution in [2.45, 2.75) is 6.10 Å². The third kappa shape index (κ3) is 2.01. The molecule has 1 saturated heterocycles. The molecular weight excluding hydrogens is 185 g/mol. The van der Waals surface area contributed by atoms with Crippen molar-refractivity contribution >= 4 is 0 Å². The molecule has 0 bridgehead atoms. The van der Waals surface area contributed by atoms with Gasteiger partial charge in [-0.25, -0.2) is 4.39 Å². The van der Waals surface area contributed by atoms with Gasteiger partial charge in [0, 0.05) is 6.07 Å². The molecule has 1 aliphatic rings. The van der Waals surface area contributed by atoms with Crippen molar-refractivity contribution < 1.29 is 13.9 Å². The van der Waals surface area contributed by atoms with E-state index in [2.05, 4.69) is 0 Å². The highest BCUT2D eigenvalue weighted by atomic mass is 19.1. The van der Waals surface area contributed by atoms with E-state index in [0.29, 0.717) is 19.0 Å². The normalized spacial score (nSPS) is 18.7. The molecule has 2 rings (SSSR count). The molecule has 1 unspecified atom stereocenters. The Morgan fingerprint density at radius 3 is 3.00 bits per heavy atom. The minimum atomic E-state index is -0.554. The van der Waals surface area contributed by atoms with Gasteiger partial charge in [0.05, 0.1) is 12.2 Å². The molecule has 1 aromatic carbocycles. The summed E-state index contributed by atoms with van der Waals surface area (Å²) in [5.41, 5.74) is 0.0278. The van der Waals surface area contributed by atoms with Crippen molar-refractivity contribution in [2.24, 2.45) is 0 Å². The summed E-state index contributed by atoms with van der Waals surface area (Å²) in [6.07, 6.45) is 0.147. The zero-order valence-corrected chi connectivity index (χ0v) is 7.37. The SMILES string of the molecule is N#Cc1ccc(OCC2CO2)cc1F. The molecule has 0 spiro atoms. The predicted octanol–water partition coefficient (Wildman–Crippen LogP) is 1.47. The fourth-order valence-electron chi connectivity index (χ4n) is 1.03. The smallest absolute Gasteiger partial charge is 0.144 e. The molecule has 0 saturated carbocycles. The van der Waals surface area contributed by atoms with Gasteiger partial charge in [-0.15, -0.1) is 0 Å². The molecule has 0 aliphatic carbocycles. The van der Waals surface area contributed by atoms with Crippen LogP contribution in [0.15, 0.2) is 18.2 Å². The van der Waals surface area contributed by atoms with Gasteiger partial charge in [0.1, 0.15) is 30.3 Å². The molecule has 4 heteroatoms. The Morgan fingerprint density at radius 2 is 2.43 bits per heavy atom. The van der Waals surface area contributed by atoms with Crippen LogP contribution in [-0.4, -0.2) is 19.3 Å². The van der Waals surface area contributed by atoms with Gasteiger partial charge < -0.3 is 9.47 Å². The van der Waals surface area contributed by atoms with Gasteiger partial charge in [-0.05, 0) is 12.1 Å². The molecule has 0 amide bonds. The first-order chi connectivity index (χ1) is 6.79. The van der Waals surface area contributed by atoms with E-state index >= 15 is 0 Å². The van der Waals surface area contributed by atoms with Crippen molar-refractivity contribution in [3.05, 3.63) is 29.6 Å². The van der Waals surface area contributed by atoms with E-state index in [0.717, 1.165) is 0 Å². The molecule has 14 heavy (non-hydrogen) atoms. The Balaban J connectivity index is 2.03. The van der Waals surface area contributed by atoms with Gasteiger partial charge in [-0.1, -0.05) is 0 Å². The second kappa shape index (κ2) is 3.64. The molecule has 1 aromatic rings. The first-order valence-electron chi connectivity index (χ1n) is 4.23. The summed E-state index contributed by atoms with van der Waals surface area (Å²) in [4.78, 5) is 0. The number of hydrogen-bond donors (Lipinski definition) is 0. The fraction of sp³-hybridized carbons (Fsp3) is 0.300. The molecule has 1 atom stereocenters. The third-order valence-electron chi connectivity index (χ3n) is 1.90. The lowest BCUT2D eigenvalue weighted by atomic mass is 10.2.